The summed E-state index contributed by atoms with van der Waals surface area (Å²) in [7, 11) is 1.54. The minimum absolute atomic E-state index is 0.000728. The highest BCUT2D eigenvalue weighted by Crippen LogP contribution is 2.32. The van der Waals surface area contributed by atoms with Crippen molar-refractivity contribution >= 4 is 46.3 Å². The van der Waals surface area contributed by atoms with Crippen LogP contribution < -0.4 is 5.32 Å². The molecule has 12 heteroatoms. The molecule has 46 heavy (non-hydrogen) atoms. The molecule has 2 aliphatic rings. The van der Waals surface area contributed by atoms with E-state index in [1.165, 1.54) is 11.9 Å². The SMILES string of the molecule is CN(C(=O)C1=CC2OCOC2C(OC(=O)c2ccc(I)cc2)C1)C(Cc1ccccc1)C(=O)NC(CO)CCC(=O)OC(C)(C)C. The van der Waals surface area contributed by atoms with E-state index in [-0.39, 0.29) is 32.5 Å². The number of rotatable bonds is 12. The third-order valence-corrected chi connectivity index (χ3v) is 8.38. The zero-order chi connectivity index (χ0) is 33.4. The van der Waals surface area contributed by atoms with E-state index in [1.54, 1.807) is 51.1 Å². The minimum atomic E-state index is -0.961. The number of fused-ring (bicyclic) bond motifs is 1. The first-order valence-corrected chi connectivity index (χ1v) is 16.3. The molecule has 1 aliphatic heterocycles. The highest BCUT2D eigenvalue weighted by molar-refractivity contribution is 14.1. The molecule has 0 aromatic heterocycles. The minimum Gasteiger partial charge on any atom is -0.460 e. The molecule has 0 spiro atoms. The van der Waals surface area contributed by atoms with E-state index in [1.807, 2.05) is 30.3 Å². The van der Waals surface area contributed by atoms with Gasteiger partial charge in [-0.3, -0.25) is 14.4 Å². The molecule has 1 aliphatic carbocycles. The summed E-state index contributed by atoms with van der Waals surface area (Å²) in [6, 6.07) is 14.5. The number of amides is 2. The Morgan fingerprint density at radius 3 is 2.41 bits per heavy atom. The van der Waals surface area contributed by atoms with E-state index in [9.17, 15) is 24.3 Å². The Labute approximate surface area is 282 Å². The number of ether oxygens (including phenoxy) is 4. The largest absolute Gasteiger partial charge is 0.460 e. The Kier molecular flexibility index (Phi) is 12.3. The maximum Gasteiger partial charge on any atom is 0.338 e. The average Bonchev–Trinajstić information content (AvgIpc) is 3.50. The summed E-state index contributed by atoms with van der Waals surface area (Å²) in [4.78, 5) is 54.3. The number of esters is 2. The van der Waals surface area contributed by atoms with E-state index in [2.05, 4.69) is 27.9 Å². The number of carbonyl (C=O) groups is 4. The average molecular weight is 749 g/mol. The number of hydrogen-bond donors (Lipinski definition) is 2. The third-order valence-electron chi connectivity index (χ3n) is 7.66. The van der Waals surface area contributed by atoms with Gasteiger partial charge in [-0.15, -0.1) is 0 Å². The van der Waals surface area contributed by atoms with Gasteiger partial charge in [-0.05, 0) is 85.7 Å². The summed E-state index contributed by atoms with van der Waals surface area (Å²) in [5.41, 5.74) is 0.871. The molecular formula is C34H41IN2O9. The first-order chi connectivity index (χ1) is 21.8. The van der Waals surface area contributed by atoms with Crippen molar-refractivity contribution in [1.29, 1.82) is 0 Å². The van der Waals surface area contributed by atoms with Crippen LogP contribution in [-0.4, -0.2) is 90.2 Å². The Morgan fingerprint density at radius 2 is 1.76 bits per heavy atom. The maximum atomic E-state index is 14.0. The molecule has 2 N–H and O–H groups in total. The second-order valence-electron chi connectivity index (χ2n) is 12.4. The van der Waals surface area contributed by atoms with Crippen LogP contribution in [0.3, 0.4) is 0 Å². The fourth-order valence-electron chi connectivity index (χ4n) is 5.31. The lowest BCUT2D eigenvalue weighted by molar-refractivity contribution is -0.155. The molecule has 1 heterocycles. The van der Waals surface area contributed by atoms with Crippen LogP contribution in [0, 0.1) is 3.57 Å². The second kappa shape index (κ2) is 16.0. The van der Waals surface area contributed by atoms with Gasteiger partial charge in [0, 0.05) is 35.5 Å². The van der Waals surface area contributed by atoms with Gasteiger partial charge in [0.2, 0.25) is 11.8 Å². The van der Waals surface area contributed by atoms with Crippen molar-refractivity contribution in [1.82, 2.24) is 10.2 Å². The first kappa shape index (κ1) is 35.5. The number of likely N-dealkylation sites (N-methyl/N-ethyl adjacent to an activating group) is 1. The topological polar surface area (TPSA) is 141 Å². The van der Waals surface area contributed by atoms with Gasteiger partial charge in [0.15, 0.2) is 0 Å². The fraction of sp³-hybridized carbons (Fsp3) is 0.471. The predicted octanol–water partition coefficient (Wildman–Crippen LogP) is 3.56. The fourth-order valence-corrected chi connectivity index (χ4v) is 5.67. The van der Waals surface area contributed by atoms with Gasteiger partial charge >= 0.3 is 11.9 Å². The van der Waals surface area contributed by atoms with Crippen molar-refractivity contribution < 1.29 is 43.2 Å². The highest BCUT2D eigenvalue weighted by Gasteiger charge is 2.43. The molecule has 4 rings (SSSR count). The second-order valence-corrected chi connectivity index (χ2v) is 13.6. The van der Waals surface area contributed by atoms with Crippen LogP contribution in [0.5, 0.6) is 0 Å². The molecule has 0 bridgehead atoms. The summed E-state index contributed by atoms with van der Waals surface area (Å²) < 4.78 is 23.6. The van der Waals surface area contributed by atoms with Crippen LogP contribution in [0.25, 0.3) is 0 Å². The van der Waals surface area contributed by atoms with Crippen molar-refractivity contribution in [3.63, 3.8) is 0 Å². The van der Waals surface area contributed by atoms with Gasteiger partial charge in [-0.2, -0.15) is 0 Å². The van der Waals surface area contributed by atoms with Gasteiger partial charge in [0.25, 0.3) is 0 Å². The summed E-state index contributed by atoms with van der Waals surface area (Å²) in [6.45, 7) is 4.89. The van der Waals surface area contributed by atoms with Crippen LogP contribution in [0.15, 0.2) is 66.2 Å². The standard InChI is InChI=1S/C34H41IN2O9/c1-34(2,3)46-29(39)15-14-25(19-38)36-31(40)26(16-21-8-6-5-7-9-21)37(4)32(41)23-17-27-30(44-20-43-27)28(18-23)45-33(42)22-10-12-24(35)13-11-22/h5-13,17,25-28,30,38H,14-16,18-20H2,1-4H3,(H,36,40). The normalized spacial score (nSPS) is 20.5. The molecule has 5 unspecified atom stereocenters. The number of nitrogens with one attached hydrogen (secondary N) is 1. The smallest absolute Gasteiger partial charge is 0.338 e. The van der Waals surface area contributed by atoms with Crippen molar-refractivity contribution in [2.75, 3.05) is 20.4 Å². The third kappa shape index (κ3) is 9.84. The molecule has 2 aromatic carbocycles. The molecule has 5 atom stereocenters. The van der Waals surface area contributed by atoms with E-state index in [0.29, 0.717) is 11.1 Å². The molecule has 2 aromatic rings. The number of aliphatic hydroxyl groups is 1. The van der Waals surface area contributed by atoms with Gasteiger partial charge in [-0.25, -0.2) is 4.79 Å². The number of aliphatic hydroxyl groups excluding tert-OH is 1. The summed E-state index contributed by atoms with van der Waals surface area (Å²) in [5.74, 6) is -1.90. The molecule has 1 fully saturated rings. The number of hydrogen-bond acceptors (Lipinski definition) is 9. The number of benzene rings is 2. The Bertz CT molecular complexity index is 1410. The maximum absolute atomic E-state index is 14.0. The van der Waals surface area contributed by atoms with Gasteiger partial charge in [0.05, 0.1) is 18.2 Å². The Balaban J connectivity index is 1.50. The molecular weight excluding hydrogens is 707 g/mol. The van der Waals surface area contributed by atoms with Crippen LogP contribution in [0.4, 0.5) is 0 Å². The van der Waals surface area contributed by atoms with Crippen molar-refractivity contribution in [3.8, 4) is 0 Å². The predicted molar refractivity (Wildman–Crippen MR) is 176 cm³/mol. The van der Waals surface area contributed by atoms with Crippen molar-refractivity contribution in [3.05, 3.63) is 80.9 Å². The number of carbonyl (C=O) groups excluding carboxylic acids is 4. The quantitative estimate of drug-likeness (QED) is 0.247. The number of halogens is 1. The van der Waals surface area contributed by atoms with Crippen LogP contribution in [0.1, 0.15) is 56.0 Å². The lowest BCUT2D eigenvalue weighted by Crippen LogP contribution is -2.53. The van der Waals surface area contributed by atoms with E-state index in [0.717, 1.165) is 9.13 Å². The summed E-state index contributed by atoms with van der Waals surface area (Å²) >= 11 is 2.15. The molecule has 2 amide bonds. The Morgan fingerprint density at radius 1 is 1.07 bits per heavy atom. The molecule has 11 nitrogen and oxygen atoms in total. The first-order valence-electron chi connectivity index (χ1n) is 15.2. The molecule has 248 valence electrons. The number of nitrogens with zero attached hydrogens (tertiary/aromatic N) is 1. The monoisotopic (exact) mass is 748 g/mol. The summed E-state index contributed by atoms with van der Waals surface area (Å²) in [6.07, 6.45) is 0.122. The molecule has 1 saturated heterocycles. The highest BCUT2D eigenvalue weighted by atomic mass is 127. The van der Waals surface area contributed by atoms with Crippen molar-refractivity contribution in [2.45, 2.75) is 82.5 Å². The lowest BCUT2D eigenvalue weighted by atomic mass is 9.90. The van der Waals surface area contributed by atoms with Gasteiger partial charge in [-0.1, -0.05) is 30.3 Å². The lowest BCUT2D eigenvalue weighted by Gasteiger charge is -2.34. The zero-order valence-electron chi connectivity index (χ0n) is 26.4. The zero-order valence-corrected chi connectivity index (χ0v) is 28.6. The van der Waals surface area contributed by atoms with E-state index >= 15 is 0 Å². The van der Waals surface area contributed by atoms with Gasteiger partial charge in [0.1, 0.15) is 36.7 Å². The van der Waals surface area contributed by atoms with Crippen LogP contribution in [-0.2, 0) is 39.8 Å². The van der Waals surface area contributed by atoms with Crippen LogP contribution >= 0.6 is 22.6 Å². The van der Waals surface area contributed by atoms with E-state index < -0.39 is 66.4 Å². The van der Waals surface area contributed by atoms with E-state index in [4.69, 9.17) is 18.9 Å². The molecule has 0 radical (unpaired) electrons. The van der Waals surface area contributed by atoms with Crippen molar-refractivity contribution in [2.24, 2.45) is 0 Å². The summed E-state index contributed by atoms with van der Waals surface area (Å²) in [5, 5.41) is 12.8. The van der Waals surface area contributed by atoms with Gasteiger partial charge < -0.3 is 34.3 Å². The Hall–Kier alpha value is -3.33. The van der Waals surface area contributed by atoms with Crippen LogP contribution in [0.2, 0.25) is 0 Å². The molecule has 0 saturated carbocycles.